The van der Waals surface area contributed by atoms with Crippen LogP contribution in [-0.4, -0.2) is 90.1 Å². The number of hydrogen-bond acceptors (Lipinski definition) is 9. The topological polar surface area (TPSA) is 130 Å². The Morgan fingerprint density at radius 3 is 2.29 bits per heavy atom. The number of benzene rings is 1. The van der Waals surface area contributed by atoms with E-state index in [1.807, 2.05) is 25.9 Å². The number of non-ortho nitro benzene ring substituents is 1. The molecular weight excluding hydrogens is 484 g/mol. The van der Waals surface area contributed by atoms with Gasteiger partial charge in [-0.3, -0.25) is 14.3 Å². The molecule has 0 N–H and O–H groups in total. The summed E-state index contributed by atoms with van der Waals surface area (Å²) in [6, 6.07) is 2.43. The number of nitro benzene ring substituents is 1. The zero-order valence-electron chi connectivity index (χ0n) is 19.9. The van der Waals surface area contributed by atoms with Crippen LogP contribution in [0.3, 0.4) is 0 Å². The Morgan fingerprint density at radius 1 is 1.21 bits per heavy atom. The van der Waals surface area contributed by atoms with E-state index >= 15 is 0 Å². The van der Waals surface area contributed by atoms with Crippen molar-refractivity contribution in [3.8, 4) is 12.3 Å². The van der Waals surface area contributed by atoms with Crippen molar-refractivity contribution in [3.05, 3.63) is 27.8 Å². The minimum absolute atomic E-state index is 0.0264. The third kappa shape index (κ3) is 6.89. The van der Waals surface area contributed by atoms with E-state index < -0.39 is 30.8 Å². The van der Waals surface area contributed by atoms with E-state index in [2.05, 4.69) is 5.92 Å². The second-order valence-electron chi connectivity index (χ2n) is 8.35. The van der Waals surface area contributed by atoms with Gasteiger partial charge in [0, 0.05) is 44.4 Å². The molecule has 0 atom stereocenters. The Labute approximate surface area is 202 Å². The van der Waals surface area contributed by atoms with Crippen LogP contribution in [0.15, 0.2) is 17.0 Å². The highest BCUT2D eigenvalue weighted by Crippen LogP contribution is 2.36. The lowest BCUT2D eigenvalue weighted by Gasteiger charge is -2.35. The SMILES string of the molecule is C#Cc1cc([N+](=O)[O-])cc(S(=O)(=O)N2CCC(N(C)C)CC2)c1N(CCC)CCOS(C)(=O)=O. The van der Waals surface area contributed by atoms with Crippen LogP contribution in [0.5, 0.6) is 0 Å². The molecule has 1 fully saturated rings. The van der Waals surface area contributed by atoms with E-state index in [9.17, 15) is 26.9 Å². The van der Waals surface area contributed by atoms with Gasteiger partial charge in [0.2, 0.25) is 10.0 Å². The molecule has 0 radical (unpaired) electrons. The van der Waals surface area contributed by atoms with Crippen molar-refractivity contribution >= 4 is 31.5 Å². The highest BCUT2D eigenvalue weighted by atomic mass is 32.2. The van der Waals surface area contributed by atoms with Crippen LogP contribution in [-0.2, 0) is 24.3 Å². The summed E-state index contributed by atoms with van der Waals surface area (Å²) in [7, 11) is -3.96. The van der Waals surface area contributed by atoms with Gasteiger partial charge in [0.1, 0.15) is 4.90 Å². The molecule has 190 valence electrons. The summed E-state index contributed by atoms with van der Waals surface area (Å²) in [4.78, 5) is 14.3. The monoisotopic (exact) mass is 516 g/mol. The average molecular weight is 517 g/mol. The number of piperidine rings is 1. The Kier molecular flexibility index (Phi) is 9.44. The van der Waals surface area contributed by atoms with Gasteiger partial charge < -0.3 is 9.80 Å². The van der Waals surface area contributed by atoms with Gasteiger partial charge in [0.25, 0.3) is 15.8 Å². The predicted molar refractivity (Wildman–Crippen MR) is 130 cm³/mol. The fourth-order valence-electron chi connectivity index (χ4n) is 3.97. The lowest BCUT2D eigenvalue weighted by Crippen LogP contribution is -2.44. The van der Waals surface area contributed by atoms with Gasteiger partial charge in [0.15, 0.2) is 0 Å². The van der Waals surface area contributed by atoms with Crippen LogP contribution in [0.1, 0.15) is 31.7 Å². The molecule has 1 aliphatic heterocycles. The van der Waals surface area contributed by atoms with E-state index in [-0.39, 0.29) is 48.4 Å². The number of nitro groups is 1. The van der Waals surface area contributed by atoms with Gasteiger partial charge in [-0.05, 0) is 33.4 Å². The number of nitrogens with zero attached hydrogens (tertiary/aromatic N) is 4. The molecule has 1 saturated heterocycles. The molecule has 1 aromatic rings. The van der Waals surface area contributed by atoms with Gasteiger partial charge in [-0.2, -0.15) is 12.7 Å². The van der Waals surface area contributed by atoms with Gasteiger partial charge in [-0.15, -0.1) is 6.42 Å². The fraction of sp³-hybridized carbons (Fsp3) is 0.619. The van der Waals surface area contributed by atoms with Crippen LogP contribution in [0, 0.1) is 22.5 Å². The van der Waals surface area contributed by atoms with Crippen LogP contribution >= 0.6 is 0 Å². The van der Waals surface area contributed by atoms with Crippen molar-refractivity contribution in [2.45, 2.75) is 37.1 Å². The summed E-state index contributed by atoms with van der Waals surface area (Å²) in [5.41, 5.74) is -0.243. The van der Waals surface area contributed by atoms with Gasteiger partial charge in [-0.1, -0.05) is 12.8 Å². The molecule has 1 heterocycles. The van der Waals surface area contributed by atoms with Gasteiger partial charge in [0.05, 0.1) is 29.0 Å². The summed E-state index contributed by atoms with van der Waals surface area (Å²) in [5.74, 6) is 2.38. The van der Waals surface area contributed by atoms with Gasteiger partial charge in [-0.25, -0.2) is 8.42 Å². The second-order valence-corrected chi connectivity index (χ2v) is 11.9. The van der Waals surface area contributed by atoms with E-state index in [1.54, 1.807) is 4.90 Å². The van der Waals surface area contributed by atoms with E-state index in [1.165, 1.54) is 4.31 Å². The number of sulfonamides is 1. The largest absolute Gasteiger partial charge is 0.367 e. The predicted octanol–water partition coefficient (Wildman–Crippen LogP) is 1.48. The average Bonchev–Trinajstić information content (AvgIpc) is 2.76. The quantitative estimate of drug-likeness (QED) is 0.186. The molecule has 0 aliphatic carbocycles. The molecule has 1 aliphatic rings. The first-order valence-electron chi connectivity index (χ1n) is 10.9. The Bertz CT molecular complexity index is 1140. The number of rotatable bonds is 11. The van der Waals surface area contributed by atoms with Crippen LogP contribution in [0.4, 0.5) is 11.4 Å². The maximum atomic E-state index is 13.7. The van der Waals surface area contributed by atoms with Crippen molar-refractivity contribution in [2.75, 3.05) is 58.0 Å². The van der Waals surface area contributed by atoms with E-state index in [0.717, 1.165) is 18.4 Å². The molecule has 34 heavy (non-hydrogen) atoms. The third-order valence-electron chi connectivity index (χ3n) is 5.67. The van der Waals surface area contributed by atoms with Gasteiger partial charge >= 0.3 is 0 Å². The minimum Gasteiger partial charge on any atom is -0.367 e. The molecule has 11 nitrogen and oxygen atoms in total. The normalized spacial score (nSPS) is 15.9. The molecule has 0 unspecified atom stereocenters. The standard InChI is InChI=1S/C21H32N4O7S2/c1-6-10-23(13-14-32-33(5,28)29)21-17(7-2)15-19(25(26)27)16-20(21)34(30,31)24-11-8-18(9-12-24)22(3)4/h2,15-16,18H,6,8-14H2,1,3-5H3. The molecule has 0 bridgehead atoms. The summed E-state index contributed by atoms with van der Waals surface area (Å²) in [6.45, 7) is 2.54. The van der Waals surface area contributed by atoms with Crippen molar-refractivity contribution in [1.29, 1.82) is 0 Å². The first-order valence-corrected chi connectivity index (χ1v) is 14.1. The van der Waals surface area contributed by atoms with Crippen LogP contribution in [0.25, 0.3) is 0 Å². The minimum atomic E-state index is -4.13. The fourth-order valence-corrected chi connectivity index (χ4v) is 6.07. The molecule has 0 amide bonds. The first-order chi connectivity index (χ1) is 15.8. The maximum Gasteiger partial charge on any atom is 0.272 e. The Morgan fingerprint density at radius 2 is 1.82 bits per heavy atom. The zero-order chi connectivity index (χ0) is 25.7. The summed E-state index contributed by atoms with van der Waals surface area (Å²) >= 11 is 0. The zero-order valence-corrected chi connectivity index (χ0v) is 21.6. The number of terminal acetylenes is 1. The molecule has 0 spiro atoms. The number of anilines is 1. The number of hydrogen-bond donors (Lipinski definition) is 0. The third-order valence-corrected chi connectivity index (χ3v) is 8.17. The van der Waals surface area contributed by atoms with E-state index in [4.69, 9.17) is 10.6 Å². The molecular formula is C21H32N4O7S2. The summed E-state index contributed by atoms with van der Waals surface area (Å²) < 4.78 is 56.5. The maximum absolute atomic E-state index is 13.7. The van der Waals surface area contributed by atoms with Crippen molar-refractivity contribution in [3.63, 3.8) is 0 Å². The lowest BCUT2D eigenvalue weighted by atomic mass is 10.1. The summed E-state index contributed by atoms with van der Waals surface area (Å²) in [6.07, 6.45) is 8.41. The second kappa shape index (κ2) is 11.5. The first kappa shape index (κ1) is 28.0. The molecule has 13 heteroatoms. The molecule has 0 aromatic heterocycles. The van der Waals surface area contributed by atoms with Crippen LogP contribution in [0.2, 0.25) is 0 Å². The smallest absolute Gasteiger partial charge is 0.272 e. The Balaban J connectivity index is 2.59. The highest BCUT2D eigenvalue weighted by molar-refractivity contribution is 7.89. The Hall–Kier alpha value is -2.24. The van der Waals surface area contributed by atoms with E-state index in [0.29, 0.717) is 25.8 Å². The van der Waals surface area contributed by atoms with Crippen LogP contribution < -0.4 is 4.90 Å². The highest BCUT2D eigenvalue weighted by Gasteiger charge is 2.35. The van der Waals surface area contributed by atoms with Crippen molar-refractivity contribution in [1.82, 2.24) is 9.21 Å². The molecule has 2 rings (SSSR count). The summed E-state index contributed by atoms with van der Waals surface area (Å²) in [5, 5.41) is 11.6. The van der Waals surface area contributed by atoms with Crippen molar-refractivity contribution < 1.29 is 25.9 Å². The molecule has 1 aromatic carbocycles. The lowest BCUT2D eigenvalue weighted by molar-refractivity contribution is -0.385. The molecule has 0 saturated carbocycles. The van der Waals surface area contributed by atoms with Crippen molar-refractivity contribution in [2.24, 2.45) is 0 Å².